The van der Waals surface area contributed by atoms with Gasteiger partial charge in [0.05, 0.1) is 0 Å². The van der Waals surface area contributed by atoms with Crippen molar-refractivity contribution in [2.45, 2.75) is 13.4 Å². The van der Waals surface area contributed by atoms with Crippen molar-refractivity contribution in [2.75, 3.05) is 0 Å². The number of benzene rings is 3. The molecule has 4 rings (SSSR count). The van der Waals surface area contributed by atoms with E-state index in [1.807, 2.05) is 73.3 Å². The molecule has 0 saturated carbocycles. The second-order valence-corrected chi connectivity index (χ2v) is 5.94. The van der Waals surface area contributed by atoms with Crippen LogP contribution in [-0.4, -0.2) is 17.9 Å². The lowest BCUT2D eigenvalue weighted by Crippen LogP contribution is -2.14. The van der Waals surface area contributed by atoms with Gasteiger partial charge in [0.2, 0.25) is 7.41 Å². The first kappa shape index (κ1) is 15.5. The molecule has 4 heteroatoms. The maximum Gasteiger partial charge on any atom is 0.354 e. The molecule has 25 heavy (non-hydrogen) atoms. The minimum absolute atomic E-state index is 0.270. The lowest BCUT2D eigenvalue weighted by molar-refractivity contribution is 0.0465. The number of ether oxygens (including phenoxy) is 1. The van der Waals surface area contributed by atoms with Crippen molar-refractivity contribution < 1.29 is 9.53 Å². The highest BCUT2D eigenvalue weighted by Gasteiger charge is 2.17. The summed E-state index contributed by atoms with van der Waals surface area (Å²) in [6.45, 7) is 2.19. The van der Waals surface area contributed by atoms with E-state index in [2.05, 4.69) is 18.2 Å². The van der Waals surface area contributed by atoms with E-state index in [0.29, 0.717) is 5.69 Å². The van der Waals surface area contributed by atoms with Crippen molar-refractivity contribution >= 4 is 35.1 Å². The van der Waals surface area contributed by atoms with Crippen LogP contribution in [0.4, 0.5) is 0 Å². The third-order valence-electron chi connectivity index (χ3n) is 4.43. The SMILES string of the molecule is C[B]n1c(C(=O)OCc2ccccc2)cc2c3ccccc3ccc21. The van der Waals surface area contributed by atoms with Gasteiger partial charge in [-0.15, -0.1) is 0 Å². The van der Waals surface area contributed by atoms with Crippen molar-refractivity contribution in [3.8, 4) is 0 Å². The topological polar surface area (TPSA) is 31.2 Å². The third kappa shape index (κ3) is 2.80. The van der Waals surface area contributed by atoms with Crippen LogP contribution in [0.3, 0.4) is 0 Å². The molecule has 0 fully saturated rings. The van der Waals surface area contributed by atoms with Crippen LogP contribution >= 0.6 is 0 Å². The molecule has 0 saturated heterocycles. The third-order valence-corrected chi connectivity index (χ3v) is 4.43. The van der Waals surface area contributed by atoms with Crippen LogP contribution < -0.4 is 0 Å². The quantitative estimate of drug-likeness (QED) is 0.403. The summed E-state index contributed by atoms with van der Waals surface area (Å²) in [5.74, 6) is -0.317. The van der Waals surface area contributed by atoms with Gasteiger partial charge in [-0.25, -0.2) is 4.79 Å². The van der Waals surface area contributed by atoms with Crippen LogP contribution in [0.2, 0.25) is 6.82 Å². The van der Waals surface area contributed by atoms with Gasteiger partial charge < -0.3 is 9.21 Å². The second kappa shape index (κ2) is 6.48. The molecule has 0 aliphatic rings. The molecule has 0 aliphatic heterocycles. The molecular weight excluding hydrogens is 309 g/mol. The number of fused-ring (bicyclic) bond motifs is 3. The van der Waals surface area contributed by atoms with E-state index >= 15 is 0 Å². The summed E-state index contributed by atoms with van der Waals surface area (Å²) in [5, 5.41) is 3.35. The Morgan fingerprint density at radius 1 is 0.960 bits per heavy atom. The zero-order valence-corrected chi connectivity index (χ0v) is 14.0. The fourth-order valence-electron chi connectivity index (χ4n) is 3.21. The van der Waals surface area contributed by atoms with E-state index in [9.17, 15) is 4.79 Å². The van der Waals surface area contributed by atoms with Gasteiger partial charge in [0.1, 0.15) is 12.3 Å². The number of hydrogen-bond donors (Lipinski definition) is 0. The average Bonchev–Trinajstić information content (AvgIpc) is 3.06. The van der Waals surface area contributed by atoms with Gasteiger partial charge in [-0.05, 0) is 28.5 Å². The fraction of sp³-hybridized carbons (Fsp3) is 0.0952. The molecule has 0 unspecified atom stereocenters. The molecule has 0 bridgehead atoms. The highest BCUT2D eigenvalue weighted by molar-refractivity contribution is 6.36. The predicted octanol–water partition coefficient (Wildman–Crippen LogP) is 4.67. The van der Waals surface area contributed by atoms with Gasteiger partial charge in [0.25, 0.3) is 0 Å². The Balaban J connectivity index is 1.73. The van der Waals surface area contributed by atoms with Gasteiger partial charge in [-0.2, -0.15) is 0 Å². The Morgan fingerprint density at radius 2 is 1.72 bits per heavy atom. The highest BCUT2D eigenvalue weighted by Crippen LogP contribution is 2.28. The lowest BCUT2D eigenvalue weighted by atomic mass is 9.98. The average molecular weight is 326 g/mol. The molecular formula is C21H17BNO2. The molecule has 1 radical (unpaired) electrons. The van der Waals surface area contributed by atoms with Gasteiger partial charge >= 0.3 is 5.97 Å². The summed E-state index contributed by atoms with van der Waals surface area (Å²) >= 11 is 0. The Morgan fingerprint density at radius 3 is 2.52 bits per heavy atom. The van der Waals surface area contributed by atoms with E-state index in [1.165, 1.54) is 0 Å². The number of carbonyl (C=O) groups excluding carboxylic acids is 1. The summed E-state index contributed by atoms with van der Waals surface area (Å²) in [4.78, 5) is 12.6. The first-order chi connectivity index (χ1) is 12.3. The van der Waals surface area contributed by atoms with E-state index in [1.54, 1.807) is 0 Å². The van der Waals surface area contributed by atoms with Crippen molar-refractivity contribution in [1.82, 2.24) is 4.48 Å². The summed E-state index contributed by atoms with van der Waals surface area (Å²) < 4.78 is 7.42. The Bertz CT molecular complexity index is 1050. The minimum Gasteiger partial charge on any atom is -0.456 e. The first-order valence-electron chi connectivity index (χ1n) is 8.31. The first-order valence-corrected chi connectivity index (χ1v) is 8.31. The number of rotatable bonds is 4. The number of hydrogen-bond acceptors (Lipinski definition) is 2. The second-order valence-electron chi connectivity index (χ2n) is 5.94. The standard InChI is InChI=1S/C21H17BNO2/c1-22-23-19-12-11-16-9-5-6-10-17(16)18(19)13-20(23)21(24)25-14-15-7-3-2-4-8-15/h2-13H,14H2,1H3. The summed E-state index contributed by atoms with van der Waals surface area (Å²) in [6.07, 6.45) is 0. The Labute approximate surface area is 147 Å². The highest BCUT2D eigenvalue weighted by atomic mass is 16.5. The largest absolute Gasteiger partial charge is 0.456 e. The van der Waals surface area contributed by atoms with E-state index in [0.717, 1.165) is 27.2 Å². The van der Waals surface area contributed by atoms with Crippen molar-refractivity contribution in [3.63, 3.8) is 0 Å². The molecule has 1 aromatic heterocycles. The molecule has 0 atom stereocenters. The molecule has 1 heterocycles. The normalized spacial score (nSPS) is 10.9. The number of aromatic nitrogens is 1. The summed E-state index contributed by atoms with van der Waals surface area (Å²) in [5.41, 5.74) is 2.53. The van der Waals surface area contributed by atoms with Crippen LogP contribution in [-0.2, 0) is 11.3 Å². The van der Waals surface area contributed by atoms with E-state index < -0.39 is 0 Å². The number of esters is 1. The van der Waals surface area contributed by atoms with E-state index in [4.69, 9.17) is 4.74 Å². The zero-order valence-electron chi connectivity index (χ0n) is 14.0. The number of nitrogens with zero attached hydrogens (tertiary/aromatic N) is 1. The molecule has 0 aliphatic carbocycles. The molecule has 0 amide bonds. The van der Waals surface area contributed by atoms with Gasteiger partial charge in [0, 0.05) is 10.9 Å². The lowest BCUT2D eigenvalue weighted by Gasteiger charge is -2.08. The molecule has 3 nitrogen and oxygen atoms in total. The van der Waals surface area contributed by atoms with Gasteiger partial charge in [-0.3, -0.25) is 0 Å². The summed E-state index contributed by atoms with van der Waals surface area (Å²) in [7, 11) is 1.90. The maximum absolute atomic E-state index is 12.6. The van der Waals surface area contributed by atoms with E-state index in [-0.39, 0.29) is 12.6 Å². The predicted molar refractivity (Wildman–Crippen MR) is 102 cm³/mol. The monoisotopic (exact) mass is 326 g/mol. The zero-order chi connectivity index (χ0) is 17.2. The van der Waals surface area contributed by atoms with Crippen molar-refractivity contribution in [2.24, 2.45) is 0 Å². The van der Waals surface area contributed by atoms with Gasteiger partial charge in [-0.1, -0.05) is 67.5 Å². The van der Waals surface area contributed by atoms with Gasteiger partial charge in [0.15, 0.2) is 0 Å². The fourth-order valence-corrected chi connectivity index (χ4v) is 3.21. The smallest absolute Gasteiger partial charge is 0.354 e. The van der Waals surface area contributed by atoms with Crippen LogP contribution in [0, 0.1) is 0 Å². The summed E-state index contributed by atoms with van der Waals surface area (Å²) in [6, 6.07) is 24.0. The van der Waals surface area contributed by atoms with Crippen LogP contribution in [0.25, 0.3) is 21.7 Å². The van der Waals surface area contributed by atoms with Crippen molar-refractivity contribution in [3.05, 3.63) is 84.1 Å². The number of carbonyl (C=O) groups is 1. The Hall–Kier alpha value is -3.01. The maximum atomic E-state index is 12.6. The minimum atomic E-state index is -0.317. The molecule has 121 valence electrons. The Kier molecular flexibility index (Phi) is 4.02. The molecule has 0 spiro atoms. The van der Waals surface area contributed by atoms with Crippen LogP contribution in [0.1, 0.15) is 16.1 Å². The molecule has 4 aromatic rings. The molecule has 0 N–H and O–H groups in total. The van der Waals surface area contributed by atoms with Crippen LogP contribution in [0.15, 0.2) is 72.8 Å². The van der Waals surface area contributed by atoms with Crippen LogP contribution in [0.5, 0.6) is 0 Å². The molecule has 3 aromatic carbocycles. The van der Waals surface area contributed by atoms with Crippen molar-refractivity contribution in [1.29, 1.82) is 0 Å².